The maximum Gasteiger partial charge on any atom is 0.303 e. The maximum absolute atomic E-state index is 10.6. The monoisotopic (exact) mass is 263 g/mol. The fraction of sp³-hybridized carbons (Fsp3) is 0.643. The zero-order chi connectivity index (χ0) is 13.8. The Balaban J connectivity index is 2.13. The van der Waals surface area contributed by atoms with Crippen molar-refractivity contribution < 1.29 is 9.90 Å². The van der Waals surface area contributed by atoms with Crippen LogP contribution in [0.4, 0.5) is 0 Å². The van der Waals surface area contributed by atoms with Crippen molar-refractivity contribution in [2.45, 2.75) is 38.5 Å². The van der Waals surface area contributed by atoms with Gasteiger partial charge < -0.3 is 10.0 Å². The molecule has 0 bridgehead atoms. The van der Waals surface area contributed by atoms with E-state index in [1.165, 1.54) is 6.42 Å². The Hall–Kier alpha value is -1.49. The molecule has 1 saturated heterocycles. The standard InChI is InChI=1S/C14H21N3O2/c1-10-15-12(5-6-14(18)19)8-13(16-10)11-4-3-7-17(2)9-11/h8,11H,3-7,9H2,1-2H3,(H,18,19). The molecule has 0 spiro atoms. The number of rotatable bonds is 4. The van der Waals surface area contributed by atoms with Gasteiger partial charge in [-0.1, -0.05) is 0 Å². The van der Waals surface area contributed by atoms with Gasteiger partial charge in [-0.2, -0.15) is 0 Å². The Labute approximate surface area is 113 Å². The molecule has 2 rings (SSSR count). The quantitative estimate of drug-likeness (QED) is 0.894. The van der Waals surface area contributed by atoms with E-state index in [-0.39, 0.29) is 6.42 Å². The van der Waals surface area contributed by atoms with Gasteiger partial charge >= 0.3 is 5.97 Å². The van der Waals surface area contributed by atoms with Crippen LogP contribution in [0.1, 0.15) is 42.4 Å². The summed E-state index contributed by atoms with van der Waals surface area (Å²) in [6.45, 7) is 4.04. The largest absolute Gasteiger partial charge is 0.481 e. The molecule has 0 amide bonds. The number of carbonyl (C=O) groups is 1. The van der Waals surface area contributed by atoms with E-state index in [0.717, 1.165) is 36.7 Å². The van der Waals surface area contributed by atoms with Gasteiger partial charge in [0, 0.05) is 30.3 Å². The van der Waals surface area contributed by atoms with Crippen LogP contribution in [0.2, 0.25) is 0 Å². The summed E-state index contributed by atoms with van der Waals surface area (Å²) in [5, 5.41) is 8.75. The van der Waals surface area contributed by atoms with Gasteiger partial charge in [-0.25, -0.2) is 9.97 Å². The number of aromatic nitrogens is 2. The lowest BCUT2D eigenvalue weighted by atomic mass is 9.94. The minimum atomic E-state index is -0.782. The Morgan fingerprint density at radius 2 is 2.32 bits per heavy atom. The van der Waals surface area contributed by atoms with Crippen LogP contribution in [0.25, 0.3) is 0 Å². The van der Waals surface area contributed by atoms with Gasteiger partial charge in [0.2, 0.25) is 0 Å². The molecule has 0 radical (unpaired) electrons. The van der Waals surface area contributed by atoms with E-state index in [2.05, 4.69) is 21.9 Å². The van der Waals surface area contributed by atoms with Gasteiger partial charge in [0.15, 0.2) is 0 Å². The molecule has 1 fully saturated rings. The molecule has 19 heavy (non-hydrogen) atoms. The van der Waals surface area contributed by atoms with Gasteiger partial charge in [0.1, 0.15) is 5.82 Å². The summed E-state index contributed by atoms with van der Waals surface area (Å²) in [5.74, 6) is 0.408. The average Bonchev–Trinajstić information content (AvgIpc) is 2.36. The summed E-state index contributed by atoms with van der Waals surface area (Å²) >= 11 is 0. The fourth-order valence-electron chi connectivity index (χ4n) is 2.63. The molecule has 1 unspecified atom stereocenters. The minimum Gasteiger partial charge on any atom is -0.481 e. The van der Waals surface area contributed by atoms with Crippen molar-refractivity contribution in [1.29, 1.82) is 0 Å². The third kappa shape index (κ3) is 3.99. The third-order valence-electron chi connectivity index (χ3n) is 3.55. The molecular weight excluding hydrogens is 242 g/mol. The highest BCUT2D eigenvalue weighted by molar-refractivity contribution is 5.66. The first kappa shape index (κ1) is 13.9. The van der Waals surface area contributed by atoms with Crippen LogP contribution in [0.5, 0.6) is 0 Å². The molecule has 1 aromatic rings. The number of likely N-dealkylation sites (tertiary alicyclic amines) is 1. The number of aliphatic carboxylic acids is 1. The minimum absolute atomic E-state index is 0.125. The van der Waals surface area contributed by atoms with Crippen LogP contribution in [-0.4, -0.2) is 46.1 Å². The van der Waals surface area contributed by atoms with Crippen LogP contribution in [-0.2, 0) is 11.2 Å². The number of piperidine rings is 1. The third-order valence-corrected chi connectivity index (χ3v) is 3.55. The van der Waals surface area contributed by atoms with Crippen molar-refractivity contribution in [3.05, 3.63) is 23.3 Å². The fourth-order valence-corrected chi connectivity index (χ4v) is 2.63. The Kier molecular flexibility index (Phi) is 4.47. The van der Waals surface area contributed by atoms with Crippen molar-refractivity contribution in [3.63, 3.8) is 0 Å². The first-order valence-electron chi connectivity index (χ1n) is 6.79. The smallest absolute Gasteiger partial charge is 0.303 e. The Morgan fingerprint density at radius 3 is 3.00 bits per heavy atom. The molecule has 0 aromatic carbocycles. The van der Waals surface area contributed by atoms with E-state index in [9.17, 15) is 4.79 Å². The highest BCUT2D eigenvalue weighted by Crippen LogP contribution is 2.25. The lowest BCUT2D eigenvalue weighted by molar-refractivity contribution is -0.136. The summed E-state index contributed by atoms with van der Waals surface area (Å²) in [4.78, 5) is 21.8. The Bertz CT molecular complexity index is 462. The summed E-state index contributed by atoms with van der Waals surface area (Å²) < 4.78 is 0. The number of carboxylic acid groups (broad SMARTS) is 1. The van der Waals surface area contributed by atoms with E-state index in [0.29, 0.717) is 12.3 Å². The van der Waals surface area contributed by atoms with Gasteiger partial charge in [0.05, 0.1) is 6.42 Å². The zero-order valence-corrected chi connectivity index (χ0v) is 11.6. The molecular formula is C14H21N3O2. The Morgan fingerprint density at radius 1 is 1.53 bits per heavy atom. The summed E-state index contributed by atoms with van der Waals surface area (Å²) in [7, 11) is 2.13. The first-order valence-corrected chi connectivity index (χ1v) is 6.79. The normalized spacial score (nSPS) is 20.4. The average molecular weight is 263 g/mol. The molecule has 1 aromatic heterocycles. The van der Waals surface area contributed by atoms with Crippen LogP contribution in [0.3, 0.4) is 0 Å². The van der Waals surface area contributed by atoms with Gasteiger partial charge in [-0.3, -0.25) is 4.79 Å². The molecule has 0 saturated carbocycles. The molecule has 1 atom stereocenters. The van der Waals surface area contributed by atoms with Crippen LogP contribution in [0.15, 0.2) is 6.07 Å². The van der Waals surface area contributed by atoms with Gasteiger partial charge in [0.25, 0.3) is 0 Å². The molecule has 1 N–H and O–H groups in total. The maximum atomic E-state index is 10.6. The second-order valence-electron chi connectivity index (χ2n) is 5.33. The summed E-state index contributed by atoms with van der Waals surface area (Å²) in [5.41, 5.74) is 1.91. The van der Waals surface area contributed by atoms with Crippen LogP contribution in [0, 0.1) is 6.92 Å². The molecule has 1 aliphatic heterocycles. The second kappa shape index (κ2) is 6.10. The van der Waals surface area contributed by atoms with Gasteiger partial charge in [-0.05, 0) is 39.4 Å². The molecule has 1 aliphatic rings. The second-order valence-corrected chi connectivity index (χ2v) is 5.33. The van der Waals surface area contributed by atoms with E-state index >= 15 is 0 Å². The predicted molar refractivity (Wildman–Crippen MR) is 72.2 cm³/mol. The van der Waals surface area contributed by atoms with Crippen molar-refractivity contribution in [2.75, 3.05) is 20.1 Å². The summed E-state index contributed by atoms with van der Waals surface area (Å²) in [6, 6.07) is 1.99. The van der Waals surface area contributed by atoms with Crippen LogP contribution >= 0.6 is 0 Å². The van der Waals surface area contributed by atoms with Crippen molar-refractivity contribution in [3.8, 4) is 0 Å². The molecule has 104 valence electrons. The first-order chi connectivity index (χ1) is 9.04. The van der Waals surface area contributed by atoms with E-state index < -0.39 is 5.97 Å². The molecule has 0 aliphatic carbocycles. The zero-order valence-electron chi connectivity index (χ0n) is 11.6. The summed E-state index contributed by atoms with van der Waals surface area (Å²) in [6.07, 6.45) is 2.95. The highest BCUT2D eigenvalue weighted by atomic mass is 16.4. The number of hydrogen-bond acceptors (Lipinski definition) is 4. The predicted octanol–water partition coefficient (Wildman–Crippen LogP) is 1.61. The van der Waals surface area contributed by atoms with Gasteiger partial charge in [-0.15, -0.1) is 0 Å². The van der Waals surface area contributed by atoms with Crippen molar-refractivity contribution in [1.82, 2.24) is 14.9 Å². The van der Waals surface area contributed by atoms with Crippen LogP contribution < -0.4 is 0 Å². The van der Waals surface area contributed by atoms with E-state index in [1.807, 2.05) is 13.0 Å². The molecule has 5 nitrogen and oxygen atoms in total. The number of likely N-dealkylation sites (N-methyl/N-ethyl adjacent to an activating group) is 1. The highest BCUT2D eigenvalue weighted by Gasteiger charge is 2.21. The number of nitrogens with zero attached hydrogens (tertiary/aromatic N) is 3. The number of carboxylic acids is 1. The number of hydrogen-bond donors (Lipinski definition) is 1. The van der Waals surface area contributed by atoms with Crippen molar-refractivity contribution in [2.24, 2.45) is 0 Å². The lowest BCUT2D eigenvalue weighted by Crippen LogP contribution is -2.31. The van der Waals surface area contributed by atoms with E-state index in [1.54, 1.807) is 0 Å². The lowest BCUT2D eigenvalue weighted by Gasteiger charge is -2.29. The molecule has 2 heterocycles. The van der Waals surface area contributed by atoms with Crippen molar-refractivity contribution >= 4 is 5.97 Å². The topological polar surface area (TPSA) is 66.3 Å². The SMILES string of the molecule is Cc1nc(CCC(=O)O)cc(C2CCCN(C)C2)n1. The number of aryl methyl sites for hydroxylation is 2. The van der Waals surface area contributed by atoms with E-state index in [4.69, 9.17) is 5.11 Å². The molecule has 5 heteroatoms.